The van der Waals surface area contributed by atoms with E-state index in [1.165, 1.54) is 0 Å². The SMILES string of the molecule is CN1[CH]C([N+](=O)[O-])CC1. The molecule has 1 rings (SSSR count). The van der Waals surface area contributed by atoms with Gasteiger partial charge in [0.1, 0.15) is 0 Å². The Bertz CT molecular complexity index is 126. The van der Waals surface area contributed by atoms with E-state index in [2.05, 4.69) is 0 Å². The average Bonchev–Trinajstić information content (AvgIpc) is 2.14. The quantitative estimate of drug-likeness (QED) is 0.373. The van der Waals surface area contributed by atoms with E-state index in [4.69, 9.17) is 0 Å². The van der Waals surface area contributed by atoms with Crippen LogP contribution < -0.4 is 0 Å². The van der Waals surface area contributed by atoms with Crippen LogP contribution in [0.1, 0.15) is 6.42 Å². The summed E-state index contributed by atoms with van der Waals surface area (Å²) >= 11 is 0. The molecule has 0 aromatic carbocycles. The second kappa shape index (κ2) is 2.31. The van der Waals surface area contributed by atoms with Crippen molar-refractivity contribution in [2.24, 2.45) is 0 Å². The molecule has 1 aliphatic rings. The fourth-order valence-corrected chi connectivity index (χ4v) is 0.939. The molecule has 0 bridgehead atoms. The topological polar surface area (TPSA) is 46.4 Å². The monoisotopic (exact) mass is 129 g/mol. The van der Waals surface area contributed by atoms with Crippen molar-refractivity contribution >= 4 is 0 Å². The van der Waals surface area contributed by atoms with Crippen LogP contribution in [0.3, 0.4) is 0 Å². The van der Waals surface area contributed by atoms with Crippen LogP contribution in [0.2, 0.25) is 0 Å². The second-order valence-electron chi connectivity index (χ2n) is 2.27. The summed E-state index contributed by atoms with van der Waals surface area (Å²) in [7, 11) is 1.85. The molecule has 0 aliphatic carbocycles. The summed E-state index contributed by atoms with van der Waals surface area (Å²) in [5, 5.41) is 10.1. The third-order valence-corrected chi connectivity index (χ3v) is 1.47. The number of nitrogens with zero attached hydrogens (tertiary/aromatic N) is 2. The van der Waals surface area contributed by atoms with Gasteiger partial charge in [0, 0.05) is 17.9 Å². The van der Waals surface area contributed by atoms with Gasteiger partial charge >= 0.3 is 0 Å². The first-order valence-corrected chi connectivity index (χ1v) is 2.89. The fraction of sp³-hybridized carbons (Fsp3) is 0.800. The molecule has 4 heteroatoms. The number of nitro groups is 1. The standard InChI is InChI=1S/C5H9N2O2/c1-6-3-2-5(4-6)7(8)9/h4-5H,2-3H2,1H3. The van der Waals surface area contributed by atoms with Crippen LogP contribution >= 0.6 is 0 Å². The molecule has 1 heterocycles. The van der Waals surface area contributed by atoms with E-state index in [0.29, 0.717) is 6.42 Å². The minimum absolute atomic E-state index is 0.247. The van der Waals surface area contributed by atoms with Crippen LogP contribution in [0.5, 0.6) is 0 Å². The van der Waals surface area contributed by atoms with E-state index in [-0.39, 0.29) is 4.92 Å². The van der Waals surface area contributed by atoms with Gasteiger partial charge in [0.2, 0.25) is 6.04 Å². The van der Waals surface area contributed by atoms with Crippen LogP contribution in [-0.4, -0.2) is 29.5 Å². The summed E-state index contributed by atoms with van der Waals surface area (Å²) in [6.07, 6.45) is 0.656. The van der Waals surface area contributed by atoms with Gasteiger partial charge in [-0.1, -0.05) is 0 Å². The molecule has 0 aromatic rings. The Morgan fingerprint density at radius 1 is 1.89 bits per heavy atom. The molecule has 1 saturated heterocycles. The van der Waals surface area contributed by atoms with Crippen molar-refractivity contribution in [1.29, 1.82) is 0 Å². The Morgan fingerprint density at radius 2 is 2.56 bits per heavy atom. The predicted molar refractivity (Wildman–Crippen MR) is 32.3 cm³/mol. The van der Waals surface area contributed by atoms with Gasteiger partial charge in [-0.25, -0.2) is 0 Å². The Kier molecular flexibility index (Phi) is 1.66. The van der Waals surface area contributed by atoms with Crippen molar-refractivity contribution in [2.45, 2.75) is 12.5 Å². The summed E-state index contributed by atoms with van der Waals surface area (Å²) in [5.41, 5.74) is 0. The third kappa shape index (κ3) is 1.38. The lowest BCUT2D eigenvalue weighted by atomic mass is 10.3. The van der Waals surface area contributed by atoms with E-state index in [0.717, 1.165) is 6.54 Å². The highest BCUT2D eigenvalue weighted by Crippen LogP contribution is 2.12. The second-order valence-corrected chi connectivity index (χ2v) is 2.27. The lowest BCUT2D eigenvalue weighted by Gasteiger charge is -2.01. The van der Waals surface area contributed by atoms with Gasteiger partial charge in [0.25, 0.3) is 0 Å². The zero-order chi connectivity index (χ0) is 6.85. The lowest BCUT2D eigenvalue weighted by molar-refractivity contribution is -0.512. The summed E-state index contributed by atoms with van der Waals surface area (Å²) in [4.78, 5) is 11.7. The Morgan fingerprint density at radius 3 is 2.78 bits per heavy atom. The van der Waals surface area contributed by atoms with Crippen LogP contribution in [0.15, 0.2) is 0 Å². The van der Waals surface area contributed by atoms with Gasteiger partial charge in [-0.05, 0) is 7.05 Å². The van der Waals surface area contributed by atoms with Crippen LogP contribution in [0.4, 0.5) is 0 Å². The van der Waals surface area contributed by atoms with Crippen molar-refractivity contribution in [1.82, 2.24) is 4.90 Å². The molecule has 9 heavy (non-hydrogen) atoms. The van der Waals surface area contributed by atoms with E-state index < -0.39 is 6.04 Å². The molecule has 1 unspecified atom stereocenters. The predicted octanol–water partition coefficient (Wildman–Crippen LogP) is 0.129. The van der Waals surface area contributed by atoms with Gasteiger partial charge in [0.05, 0.1) is 6.54 Å². The number of rotatable bonds is 1. The van der Waals surface area contributed by atoms with E-state index >= 15 is 0 Å². The molecule has 0 saturated carbocycles. The molecule has 1 radical (unpaired) electrons. The highest BCUT2D eigenvalue weighted by Gasteiger charge is 2.28. The van der Waals surface area contributed by atoms with Crippen LogP contribution in [0, 0.1) is 16.7 Å². The minimum atomic E-state index is -0.435. The number of hydrogen-bond donors (Lipinski definition) is 0. The van der Waals surface area contributed by atoms with E-state index in [9.17, 15) is 10.1 Å². The first kappa shape index (κ1) is 6.48. The Labute approximate surface area is 53.6 Å². The zero-order valence-electron chi connectivity index (χ0n) is 5.28. The van der Waals surface area contributed by atoms with Crippen molar-refractivity contribution in [3.63, 3.8) is 0 Å². The van der Waals surface area contributed by atoms with Gasteiger partial charge < -0.3 is 0 Å². The maximum Gasteiger partial charge on any atom is 0.231 e. The molecule has 0 amide bonds. The maximum absolute atomic E-state index is 10.1. The lowest BCUT2D eigenvalue weighted by Crippen LogP contribution is -2.17. The van der Waals surface area contributed by atoms with Crippen molar-refractivity contribution in [3.8, 4) is 0 Å². The smallest absolute Gasteiger partial charge is 0.231 e. The summed E-state index contributed by atoms with van der Waals surface area (Å²) in [6.45, 7) is 2.46. The number of likely N-dealkylation sites (tertiary alicyclic amines) is 1. The molecule has 1 aliphatic heterocycles. The highest BCUT2D eigenvalue weighted by atomic mass is 16.6. The van der Waals surface area contributed by atoms with Gasteiger partial charge in [-0.2, -0.15) is 0 Å². The van der Waals surface area contributed by atoms with E-state index in [1.807, 2.05) is 11.9 Å². The number of hydrogen-bond acceptors (Lipinski definition) is 3. The number of likely N-dealkylation sites (N-methyl/N-ethyl adjacent to an activating group) is 1. The first-order valence-electron chi connectivity index (χ1n) is 2.89. The molecule has 0 spiro atoms. The van der Waals surface area contributed by atoms with Gasteiger partial charge in [-0.3, -0.25) is 15.0 Å². The van der Waals surface area contributed by atoms with Crippen molar-refractivity contribution in [3.05, 3.63) is 16.7 Å². The molecule has 0 aromatic heterocycles. The van der Waals surface area contributed by atoms with Gasteiger partial charge in [0.15, 0.2) is 0 Å². The fourth-order valence-electron chi connectivity index (χ4n) is 0.939. The molecule has 1 fully saturated rings. The maximum atomic E-state index is 10.1. The summed E-state index contributed by atoms with van der Waals surface area (Å²) < 4.78 is 0. The Balaban J connectivity index is 2.39. The first-order chi connectivity index (χ1) is 4.20. The van der Waals surface area contributed by atoms with Crippen molar-refractivity contribution in [2.75, 3.05) is 13.6 Å². The largest absolute Gasteiger partial charge is 0.295 e. The molecular formula is C5H9N2O2. The molecule has 51 valence electrons. The normalized spacial score (nSPS) is 28.8. The summed E-state index contributed by atoms with van der Waals surface area (Å²) in [5.74, 6) is 0. The van der Waals surface area contributed by atoms with E-state index in [1.54, 1.807) is 6.54 Å². The van der Waals surface area contributed by atoms with Crippen LogP contribution in [0.25, 0.3) is 0 Å². The van der Waals surface area contributed by atoms with Crippen molar-refractivity contribution < 1.29 is 4.92 Å². The Hall–Kier alpha value is -0.640. The highest BCUT2D eigenvalue weighted by molar-refractivity contribution is 4.83. The molecule has 4 nitrogen and oxygen atoms in total. The minimum Gasteiger partial charge on any atom is -0.295 e. The molecule has 0 N–H and O–H groups in total. The average molecular weight is 129 g/mol. The molecular weight excluding hydrogens is 120 g/mol. The van der Waals surface area contributed by atoms with Gasteiger partial charge in [-0.15, -0.1) is 0 Å². The molecule has 1 atom stereocenters. The summed E-state index contributed by atoms with van der Waals surface area (Å²) in [6, 6.07) is -0.435. The third-order valence-electron chi connectivity index (χ3n) is 1.47. The zero-order valence-corrected chi connectivity index (χ0v) is 5.28. The van der Waals surface area contributed by atoms with Crippen LogP contribution in [-0.2, 0) is 0 Å².